The zero-order valence-corrected chi connectivity index (χ0v) is 17.3. The average Bonchev–Trinajstić information content (AvgIpc) is 2.98. The van der Waals surface area contributed by atoms with Gasteiger partial charge >= 0.3 is 5.97 Å². The van der Waals surface area contributed by atoms with Gasteiger partial charge in [0.25, 0.3) is 5.91 Å². The number of aromatic nitrogens is 2. The van der Waals surface area contributed by atoms with Crippen molar-refractivity contribution in [3.05, 3.63) is 53.4 Å². The van der Waals surface area contributed by atoms with Gasteiger partial charge in [-0.2, -0.15) is 5.10 Å². The lowest BCUT2D eigenvalue weighted by molar-refractivity contribution is -0.154. The van der Waals surface area contributed by atoms with E-state index in [2.05, 4.69) is 5.10 Å². The second-order valence-electron chi connectivity index (χ2n) is 7.33. The van der Waals surface area contributed by atoms with Gasteiger partial charge in [0.15, 0.2) is 6.61 Å². The third-order valence-electron chi connectivity index (χ3n) is 4.84. The minimum atomic E-state index is -0.557. The molecule has 7 nitrogen and oxygen atoms in total. The molecule has 0 saturated carbocycles. The molecule has 2 atom stereocenters. The van der Waals surface area contributed by atoms with Crippen LogP contribution in [0.2, 0.25) is 0 Å². The third kappa shape index (κ3) is 5.12. The number of benzene rings is 1. The summed E-state index contributed by atoms with van der Waals surface area (Å²) in [5, 5.41) is 4.55. The number of nitrogens with zero attached hydrogens (tertiary/aromatic N) is 3. The number of rotatable bonds is 5. The molecule has 1 saturated heterocycles. The molecule has 0 unspecified atom stereocenters. The normalized spacial score (nSPS) is 19.5. The van der Waals surface area contributed by atoms with Gasteiger partial charge < -0.3 is 14.4 Å². The highest BCUT2D eigenvalue weighted by atomic mass is 16.5. The molecular formula is C22H27N3O4. The van der Waals surface area contributed by atoms with E-state index in [0.717, 1.165) is 22.6 Å². The van der Waals surface area contributed by atoms with Crippen molar-refractivity contribution in [1.82, 2.24) is 14.7 Å². The molecule has 0 radical (unpaired) electrons. The van der Waals surface area contributed by atoms with Crippen LogP contribution in [0.4, 0.5) is 0 Å². The van der Waals surface area contributed by atoms with Crippen LogP contribution in [-0.2, 0) is 19.1 Å². The number of carbonyl (C=O) groups excluding carboxylic acids is 2. The quantitative estimate of drug-likeness (QED) is 0.573. The molecule has 1 amide bonds. The first kappa shape index (κ1) is 20.8. The maximum Gasteiger partial charge on any atom is 0.331 e. The molecule has 0 bridgehead atoms. The van der Waals surface area contributed by atoms with E-state index in [1.807, 2.05) is 62.7 Å². The molecule has 3 rings (SSSR count). The van der Waals surface area contributed by atoms with Crippen LogP contribution in [0.1, 0.15) is 30.8 Å². The number of esters is 1. The van der Waals surface area contributed by atoms with Crippen molar-refractivity contribution < 1.29 is 19.1 Å². The second kappa shape index (κ2) is 9.05. The molecule has 1 aromatic heterocycles. The van der Waals surface area contributed by atoms with Gasteiger partial charge in [0, 0.05) is 30.4 Å². The SMILES string of the molecule is Cc1nn(-c2ccccc2)c(C)c1/C=C/C(=O)OCC(=O)N1C[C@@H](C)O[C@H](C)C1. The van der Waals surface area contributed by atoms with Gasteiger partial charge in [0.05, 0.1) is 23.6 Å². The van der Waals surface area contributed by atoms with Crippen molar-refractivity contribution >= 4 is 18.0 Å². The Morgan fingerprint density at radius 1 is 1.17 bits per heavy atom. The Morgan fingerprint density at radius 3 is 2.48 bits per heavy atom. The lowest BCUT2D eigenvalue weighted by atomic mass is 10.2. The Labute approximate surface area is 170 Å². The number of aryl methyl sites for hydroxylation is 1. The first-order valence-corrected chi connectivity index (χ1v) is 9.75. The topological polar surface area (TPSA) is 73.7 Å². The lowest BCUT2D eigenvalue weighted by Gasteiger charge is -2.35. The highest BCUT2D eigenvalue weighted by Gasteiger charge is 2.26. The average molecular weight is 397 g/mol. The highest BCUT2D eigenvalue weighted by Crippen LogP contribution is 2.19. The number of hydrogen-bond donors (Lipinski definition) is 0. The van der Waals surface area contributed by atoms with Gasteiger partial charge in [-0.3, -0.25) is 4.79 Å². The maximum absolute atomic E-state index is 12.3. The summed E-state index contributed by atoms with van der Waals surface area (Å²) in [5.74, 6) is -0.767. The number of para-hydroxylation sites is 1. The Morgan fingerprint density at radius 2 is 1.83 bits per heavy atom. The predicted octanol–water partition coefficient (Wildman–Crippen LogP) is 2.68. The number of hydrogen-bond acceptors (Lipinski definition) is 5. The van der Waals surface area contributed by atoms with Gasteiger partial charge in [-0.25, -0.2) is 9.48 Å². The number of amides is 1. The van der Waals surface area contributed by atoms with Crippen LogP contribution in [-0.4, -0.2) is 58.5 Å². The van der Waals surface area contributed by atoms with Crippen LogP contribution < -0.4 is 0 Å². The molecule has 0 aliphatic carbocycles. The van der Waals surface area contributed by atoms with Crippen molar-refractivity contribution in [3.63, 3.8) is 0 Å². The number of carbonyl (C=O) groups is 2. The Hall–Kier alpha value is -2.93. The summed E-state index contributed by atoms with van der Waals surface area (Å²) < 4.78 is 12.6. The second-order valence-corrected chi connectivity index (χ2v) is 7.33. The summed E-state index contributed by atoms with van der Waals surface area (Å²) in [6.07, 6.45) is 2.98. The minimum absolute atomic E-state index is 0.0228. The zero-order chi connectivity index (χ0) is 21.0. The van der Waals surface area contributed by atoms with Crippen molar-refractivity contribution in [3.8, 4) is 5.69 Å². The predicted molar refractivity (Wildman–Crippen MR) is 110 cm³/mol. The van der Waals surface area contributed by atoms with E-state index in [1.54, 1.807) is 11.0 Å². The van der Waals surface area contributed by atoms with Gasteiger partial charge in [-0.1, -0.05) is 18.2 Å². The lowest BCUT2D eigenvalue weighted by Crippen LogP contribution is -2.49. The van der Waals surface area contributed by atoms with E-state index in [-0.39, 0.29) is 24.7 Å². The Kier molecular flexibility index (Phi) is 6.49. The number of ether oxygens (including phenoxy) is 2. The molecule has 0 N–H and O–H groups in total. The van der Waals surface area contributed by atoms with E-state index >= 15 is 0 Å². The van der Waals surface area contributed by atoms with Gasteiger partial charge in [0.1, 0.15) is 0 Å². The van der Waals surface area contributed by atoms with E-state index < -0.39 is 5.97 Å². The molecule has 154 valence electrons. The summed E-state index contributed by atoms with van der Waals surface area (Å²) in [6, 6.07) is 9.79. The molecule has 1 aromatic carbocycles. The Bertz CT molecular complexity index is 894. The van der Waals surface area contributed by atoms with E-state index in [0.29, 0.717) is 13.1 Å². The van der Waals surface area contributed by atoms with Crippen LogP contribution >= 0.6 is 0 Å². The summed E-state index contributed by atoms with van der Waals surface area (Å²) in [6.45, 7) is 8.42. The molecule has 1 fully saturated rings. The van der Waals surface area contributed by atoms with Crippen LogP contribution in [0.25, 0.3) is 11.8 Å². The summed E-state index contributed by atoms with van der Waals surface area (Å²) in [5.41, 5.74) is 3.54. The molecule has 2 aromatic rings. The smallest absolute Gasteiger partial charge is 0.331 e. The fourth-order valence-corrected chi connectivity index (χ4v) is 3.52. The molecule has 29 heavy (non-hydrogen) atoms. The Balaban J connectivity index is 1.60. The molecule has 7 heteroatoms. The molecule has 2 heterocycles. The van der Waals surface area contributed by atoms with Crippen LogP contribution in [0, 0.1) is 13.8 Å². The van der Waals surface area contributed by atoms with Crippen molar-refractivity contribution in [2.24, 2.45) is 0 Å². The van der Waals surface area contributed by atoms with Gasteiger partial charge in [0.2, 0.25) is 0 Å². The van der Waals surface area contributed by atoms with E-state index in [1.165, 1.54) is 6.08 Å². The van der Waals surface area contributed by atoms with E-state index in [4.69, 9.17) is 9.47 Å². The van der Waals surface area contributed by atoms with Crippen LogP contribution in [0.3, 0.4) is 0 Å². The van der Waals surface area contributed by atoms with E-state index in [9.17, 15) is 9.59 Å². The number of morpholine rings is 1. The minimum Gasteiger partial charge on any atom is -0.452 e. The zero-order valence-electron chi connectivity index (χ0n) is 17.3. The fraction of sp³-hybridized carbons (Fsp3) is 0.409. The van der Waals surface area contributed by atoms with Gasteiger partial charge in [-0.15, -0.1) is 0 Å². The van der Waals surface area contributed by atoms with Gasteiger partial charge in [-0.05, 0) is 45.9 Å². The van der Waals surface area contributed by atoms with Crippen molar-refractivity contribution in [2.45, 2.75) is 39.9 Å². The summed E-state index contributed by atoms with van der Waals surface area (Å²) in [7, 11) is 0. The third-order valence-corrected chi connectivity index (χ3v) is 4.84. The summed E-state index contributed by atoms with van der Waals surface area (Å²) >= 11 is 0. The maximum atomic E-state index is 12.3. The monoisotopic (exact) mass is 397 g/mol. The van der Waals surface area contributed by atoms with Crippen LogP contribution in [0.5, 0.6) is 0 Å². The molecule has 1 aliphatic heterocycles. The molecule has 1 aliphatic rings. The summed E-state index contributed by atoms with van der Waals surface area (Å²) in [4.78, 5) is 26.1. The molecular weight excluding hydrogens is 370 g/mol. The first-order chi connectivity index (χ1) is 13.8. The largest absolute Gasteiger partial charge is 0.452 e. The molecule has 0 spiro atoms. The highest BCUT2D eigenvalue weighted by molar-refractivity contribution is 5.89. The van der Waals surface area contributed by atoms with Crippen molar-refractivity contribution in [2.75, 3.05) is 19.7 Å². The fourth-order valence-electron chi connectivity index (χ4n) is 3.52. The van der Waals surface area contributed by atoms with Crippen LogP contribution in [0.15, 0.2) is 36.4 Å². The first-order valence-electron chi connectivity index (χ1n) is 9.75. The standard InChI is InChI=1S/C22H27N3O4/c1-15-12-24(13-16(2)29-15)21(26)14-28-22(27)11-10-20-17(3)23-25(18(20)4)19-8-6-5-7-9-19/h5-11,15-16H,12-14H2,1-4H3/b11-10+/t15-,16-/m1/s1. The van der Waals surface area contributed by atoms with Crippen molar-refractivity contribution in [1.29, 1.82) is 0 Å².